The molecule has 2 fully saturated rings. The summed E-state index contributed by atoms with van der Waals surface area (Å²) in [6, 6.07) is 7.90. The molecule has 2 saturated heterocycles. The molecule has 0 unspecified atom stereocenters. The van der Waals surface area contributed by atoms with Gasteiger partial charge in [0, 0.05) is 0 Å². The largest absolute Gasteiger partial charge is 0.497 e. The molecular weight excluding hydrogens is 232 g/mol. The predicted molar refractivity (Wildman–Crippen MR) is 65.5 cm³/mol. The molecule has 0 aromatic heterocycles. The lowest BCUT2D eigenvalue weighted by atomic mass is 10.0. The van der Waals surface area contributed by atoms with Crippen molar-refractivity contribution < 1.29 is 18.9 Å². The number of ether oxygens (including phenoxy) is 4. The summed E-state index contributed by atoms with van der Waals surface area (Å²) in [6.45, 7) is 4.47. The maximum Gasteiger partial charge on any atom is 0.164 e. The SMILES string of the molecule is COc1ccc([C@@H]2OC[C@H]3OC(C)(C)O[C@H]32)cc1. The van der Waals surface area contributed by atoms with Crippen LogP contribution in [0.5, 0.6) is 5.75 Å². The maximum absolute atomic E-state index is 5.92. The van der Waals surface area contributed by atoms with Crippen molar-refractivity contribution in [1.29, 1.82) is 0 Å². The lowest BCUT2D eigenvalue weighted by molar-refractivity contribution is -0.175. The van der Waals surface area contributed by atoms with Crippen LogP contribution < -0.4 is 4.74 Å². The van der Waals surface area contributed by atoms with Gasteiger partial charge in [0.05, 0.1) is 13.7 Å². The molecule has 4 heteroatoms. The Kier molecular flexibility index (Phi) is 2.81. The van der Waals surface area contributed by atoms with Crippen molar-refractivity contribution in [2.75, 3.05) is 13.7 Å². The highest BCUT2D eigenvalue weighted by Gasteiger charge is 2.50. The minimum atomic E-state index is -0.510. The van der Waals surface area contributed by atoms with Crippen molar-refractivity contribution in [1.82, 2.24) is 0 Å². The molecule has 0 N–H and O–H groups in total. The summed E-state index contributed by atoms with van der Waals surface area (Å²) >= 11 is 0. The third-order valence-corrected chi connectivity index (χ3v) is 3.40. The topological polar surface area (TPSA) is 36.9 Å². The van der Waals surface area contributed by atoms with Gasteiger partial charge in [-0.05, 0) is 31.5 Å². The Morgan fingerprint density at radius 1 is 1.17 bits per heavy atom. The lowest BCUT2D eigenvalue weighted by Crippen LogP contribution is -2.24. The van der Waals surface area contributed by atoms with E-state index in [0.717, 1.165) is 11.3 Å². The van der Waals surface area contributed by atoms with Crippen LogP contribution >= 0.6 is 0 Å². The molecule has 18 heavy (non-hydrogen) atoms. The van der Waals surface area contributed by atoms with Crippen molar-refractivity contribution in [3.8, 4) is 5.75 Å². The van der Waals surface area contributed by atoms with E-state index >= 15 is 0 Å². The van der Waals surface area contributed by atoms with E-state index in [4.69, 9.17) is 18.9 Å². The molecule has 0 aliphatic carbocycles. The van der Waals surface area contributed by atoms with Gasteiger partial charge >= 0.3 is 0 Å². The molecule has 0 radical (unpaired) electrons. The highest BCUT2D eigenvalue weighted by molar-refractivity contribution is 5.30. The van der Waals surface area contributed by atoms with E-state index in [0.29, 0.717) is 6.61 Å². The van der Waals surface area contributed by atoms with Gasteiger partial charge in [-0.15, -0.1) is 0 Å². The van der Waals surface area contributed by atoms with Crippen LogP contribution in [-0.4, -0.2) is 31.7 Å². The van der Waals surface area contributed by atoms with Crippen molar-refractivity contribution in [3.63, 3.8) is 0 Å². The molecule has 0 bridgehead atoms. The first-order chi connectivity index (χ1) is 8.59. The van der Waals surface area contributed by atoms with Crippen molar-refractivity contribution in [2.24, 2.45) is 0 Å². The summed E-state index contributed by atoms with van der Waals surface area (Å²) in [5.41, 5.74) is 1.10. The van der Waals surface area contributed by atoms with E-state index < -0.39 is 5.79 Å². The monoisotopic (exact) mass is 250 g/mol. The fourth-order valence-corrected chi connectivity index (χ4v) is 2.62. The lowest BCUT2D eigenvalue weighted by Gasteiger charge is -2.22. The van der Waals surface area contributed by atoms with Gasteiger partial charge in [0.15, 0.2) is 5.79 Å². The highest BCUT2D eigenvalue weighted by atomic mass is 16.8. The summed E-state index contributed by atoms with van der Waals surface area (Å²) < 4.78 is 22.7. The van der Waals surface area contributed by atoms with Gasteiger partial charge in [-0.2, -0.15) is 0 Å². The summed E-state index contributed by atoms with van der Waals surface area (Å²) in [5.74, 6) is 0.335. The van der Waals surface area contributed by atoms with Crippen molar-refractivity contribution in [3.05, 3.63) is 29.8 Å². The van der Waals surface area contributed by atoms with Gasteiger partial charge in [0.1, 0.15) is 24.1 Å². The quantitative estimate of drug-likeness (QED) is 0.807. The number of methoxy groups -OCH3 is 1. The zero-order chi connectivity index (χ0) is 12.8. The first kappa shape index (κ1) is 12.0. The smallest absolute Gasteiger partial charge is 0.164 e. The summed E-state index contributed by atoms with van der Waals surface area (Å²) in [5, 5.41) is 0. The van der Waals surface area contributed by atoms with Crippen molar-refractivity contribution >= 4 is 0 Å². The van der Waals surface area contributed by atoms with Gasteiger partial charge < -0.3 is 18.9 Å². The van der Waals surface area contributed by atoms with Crippen LogP contribution in [0.1, 0.15) is 25.5 Å². The van der Waals surface area contributed by atoms with Crippen LogP contribution in [0.3, 0.4) is 0 Å². The highest BCUT2D eigenvalue weighted by Crippen LogP contribution is 2.42. The number of fused-ring (bicyclic) bond motifs is 1. The van der Waals surface area contributed by atoms with Gasteiger partial charge in [-0.25, -0.2) is 0 Å². The van der Waals surface area contributed by atoms with Crippen LogP contribution in [-0.2, 0) is 14.2 Å². The molecule has 2 aliphatic rings. The normalized spacial score (nSPS) is 33.4. The molecule has 3 rings (SSSR count). The Balaban J connectivity index is 1.80. The number of rotatable bonds is 2. The number of benzene rings is 1. The second-order valence-electron chi connectivity index (χ2n) is 5.17. The number of hydrogen-bond acceptors (Lipinski definition) is 4. The average molecular weight is 250 g/mol. The van der Waals surface area contributed by atoms with E-state index in [1.54, 1.807) is 7.11 Å². The third kappa shape index (κ3) is 2.00. The predicted octanol–water partition coefficient (Wildman–Crippen LogP) is 2.29. The molecule has 3 atom stereocenters. The minimum absolute atomic E-state index is 0.0200. The Morgan fingerprint density at radius 2 is 1.89 bits per heavy atom. The summed E-state index contributed by atoms with van der Waals surface area (Å²) in [7, 11) is 1.66. The first-order valence-electron chi connectivity index (χ1n) is 6.20. The second kappa shape index (κ2) is 4.23. The fraction of sp³-hybridized carbons (Fsp3) is 0.571. The van der Waals surface area contributed by atoms with E-state index in [2.05, 4.69) is 0 Å². The fourth-order valence-electron chi connectivity index (χ4n) is 2.62. The van der Waals surface area contributed by atoms with Crippen LogP contribution in [0.15, 0.2) is 24.3 Å². The molecule has 1 aromatic rings. The molecule has 0 saturated carbocycles. The standard InChI is InChI=1S/C14H18O4/c1-14(2)17-11-8-16-12(13(11)18-14)9-4-6-10(15-3)7-5-9/h4-7,11-13H,8H2,1-3H3/t11-,12+,13-/m1/s1. The minimum Gasteiger partial charge on any atom is -0.497 e. The Morgan fingerprint density at radius 3 is 2.56 bits per heavy atom. The van der Waals surface area contributed by atoms with Gasteiger partial charge in [0.2, 0.25) is 0 Å². The Bertz CT molecular complexity index is 426. The van der Waals surface area contributed by atoms with Crippen LogP contribution in [0.25, 0.3) is 0 Å². The number of hydrogen-bond donors (Lipinski definition) is 0. The van der Waals surface area contributed by atoms with E-state index in [1.807, 2.05) is 38.1 Å². The van der Waals surface area contributed by atoms with Crippen molar-refractivity contribution in [2.45, 2.75) is 37.9 Å². The van der Waals surface area contributed by atoms with Gasteiger partial charge in [-0.1, -0.05) is 12.1 Å². The summed E-state index contributed by atoms with van der Waals surface area (Å²) in [4.78, 5) is 0. The summed E-state index contributed by atoms with van der Waals surface area (Å²) in [6.07, 6.45) is -0.0387. The Labute approximate surface area is 107 Å². The maximum atomic E-state index is 5.92. The van der Waals surface area contributed by atoms with E-state index in [1.165, 1.54) is 0 Å². The molecule has 1 aromatic carbocycles. The van der Waals surface area contributed by atoms with E-state index in [-0.39, 0.29) is 18.3 Å². The molecule has 0 amide bonds. The van der Waals surface area contributed by atoms with Crippen LogP contribution in [0.4, 0.5) is 0 Å². The third-order valence-electron chi connectivity index (χ3n) is 3.40. The van der Waals surface area contributed by atoms with Gasteiger partial charge in [0.25, 0.3) is 0 Å². The molecule has 4 nitrogen and oxygen atoms in total. The molecule has 2 aliphatic heterocycles. The van der Waals surface area contributed by atoms with Gasteiger partial charge in [-0.3, -0.25) is 0 Å². The van der Waals surface area contributed by atoms with Crippen LogP contribution in [0.2, 0.25) is 0 Å². The van der Waals surface area contributed by atoms with Crippen LogP contribution in [0, 0.1) is 0 Å². The Hall–Kier alpha value is -1.10. The zero-order valence-corrected chi connectivity index (χ0v) is 10.9. The molecular formula is C14H18O4. The molecule has 98 valence electrons. The average Bonchev–Trinajstić information content (AvgIpc) is 2.84. The molecule has 2 heterocycles. The molecule has 0 spiro atoms. The first-order valence-corrected chi connectivity index (χ1v) is 6.20. The second-order valence-corrected chi connectivity index (χ2v) is 5.17. The zero-order valence-electron chi connectivity index (χ0n) is 10.9. The van der Waals surface area contributed by atoms with E-state index in [9.17, 15) is 0 Å².